The molecular weight excluding hydrogens is 177 g/mol. The maximum atomic E-state index is 9.91. The first-order valence-electron chi connectivity index (χ1n) is 3.98. The van der Waals surface area contributed by atoms with Gasteiger partial charge in [-0.25, -0.2) is 4.79 Å². The molecule has 0 spiro atoms. The third-order valence-electron chi connectivity index (χ3n) is 0.934. The standard InChI is InChI=1S/C7H14NO3P/c1-3-5-10-12(8-7-9)11-6-4-2/h3-6H2,1-2H3. The quantitative estimate of drug-likeness (QED) is 0.352. The minimum atomic E-state index is -1.37. The Morgan fingerprint density at radius 2 is 1.75 bits per heavy atom. The molecule has 0 aromatic heterocycles. The number of rotatable bonds is 7. The lowest BCUT2D eigenvalue weighted by atomic mass is 10.5. The van der Waals surface area contributed by atoms with Crippen LogP contribution in [0, 0.1) is 0 Å². The van der Waals surface area contributed by atoms with E-state index in [2.05, 4.69) is 4.76 Å². The van der Waals surface area contributed by atoms with Gasteiger partial charge in [0.05, 0.1) is 13.2 Å². The van der Waals surface area contributed by atoms with Crippen LogP contribution >= 0.6 is 8.53 Å². The predicted octanol–water partition coefficient (Wildman–Crippen LogP) is 2.40. The second-order valence-corrected chi connectivity index (χ2v) is 3.29. The van der Waals surface area contributed by atoms with Crippen molar-refractivity contribution >= 4 is 14.6 Å². The number of hydrogen-bond donors (Lipinski definition) is 0. The van der Waals surface area contributed by atoms with E-state index >= 15 is 0 Å². The Bertz CT molecular complexity index is 140. The van der Waals surface area contributed by atoms with Crippen molar-refractivity contribution in [3.8, 4) is 0 Å². The second kappa shape index (κ2) is 8.82. The molecule has 0 aromatic carbocycles. The Kier molecular flexibility index (Phi) is 8.62. The fourth-order valence-corrected chi connectivity index (χ4v) is 1.40. The average molecular weight is 191 g/mol. The first-order valence-corrected chi connectivity index (χ1v) is 5.11. The lowest BCUT2D eigenvalue weighted by Crippen LogP contribution is -1.91. The molecule has 0 aliphatic rings. The number of nitrogens with zero attached hydrogens (tertiary/aromatic N) is 1. The molecule has 0 rings (SSSR count). The zero-order chi connectivity index (χ0) is 9.23. The average Bonchev–Trinajstić information content (AvgIpc) is 2.10. The topological polar surface area (TPSA) is 47.9 Å². The Balaban J connectivity index is 3.61. The van der Waals surface area contributed by atoms with Gasteiger partial charge in [-0.15, -0.1) is 4.76 Å². The number of isocyanates is 1. The highest BCUT2D eigenvalue weighted by atomic mass is 31.2. The van der Waals surface area contributed by atoms with Crippen molar-refractivity contribution < 1.29 is 13.8 Å². The van der Waals surface area contributed by atoms with Crippen LogP contribution in [0.3, 0.4) is 0 Å². The highest BCUT2D eigenvalue weighted by Gasteiger charge is 2.07. The van der Waals surface area contributed by atoms with Gasteiger partial charge in [-0.05, 0) is 12.8 Å². The molecule has 0 bridgehead atoms. The van der Waals surface area contributed by atoms with Gasteiger partial charge in [0, 0.05) is 0 Å². The van der Waals surface area contributed by atoms with Crippen LogP contribution in [0.5, 0.6) is 0 Å². The molecule has 70 valence electrons. The predicted molar refractivity (Wildman–Crippen MR) is 47.5 cm³/mol. The maximum Gasteiger partial charge on any atom is 0.321 e. The Hall–Kier alpha value is -0.270. The molecule has 0 unspecified atom stereocenters. The van der Waals surface area contributed by atoms with E-state index in [1.54, 1.807) is 0 Å². The van der Waals surface area contributed by atoms with Gasteiger partial charge < -0.3 is 9.05 Å². The minimum absolute atomic E-state index is 0.570. The summed E-state index contributed by atoms with van der Waals surface area (Å²) in [5.74, 6) is 0. The molecule has 5 heteroatoms. The summed E-state index contributed by atoms with van der Waals surface area (Å²) in [6, 6.07) is 0. The van der Waals surface area contributed by atoms with Crippen molar-refractivity contribution in [2.75, 3.05) is 13.2 Å². The molecule has 0 aromatic rings. The first-order chi connectivity index (χ1) is 5.85. The van der Waals surface area contributed by atoms with Crippen LogP contribution in [-0.4, -0.2) is 19.3 Å². The zero-order valence-electron chi connectivity index (χ0n) is 7.45. The van der Waals surface area contributed by atoms with Crippen LogP contribution in [0.15, 0.2) is 4.76 Å². The van der Waals surface area contributed by atoms with Gasteiger partial charge >= 0.3 is 8.53 Å². The summed E-state index contributed by atoms with van der Waals surface area (Å²) in [6.45, 7) is 5.11. The Morgan fingerprint density at radius 1 is 1.25 bits per heavy atom. The molecule has 0 heterocycles. The van der Waals surface area contributed by atoms with Gasteiger partial charge in [-0.2, -0.15) is 0 Å². The summed E-state index contributed by atoms with van der Waals surface area (Å²) >= 11 is 0. The van der Waals surface area contributed by atoms with Gasteiger partial charge in [0.25, 0.3) is 0 Å². The molecule has 0 radical (unpaired) electrons. The van der Waals surface area contributed by atoms with Crippen LogP contribution in [0.25, 0.3) is 0 Å². The van der Waals surface area contributed by atoms with Crippen LogP contribution in [0.4, 0.5) is 0 Å². The lowest BCUT2D eigenvalue weighted by Gasteiger charge is -2.08. The van der Waals surface area contributed by atoms with E-state index in [1.165, 1.54) is 6.08 Å². The van der Waals surface area contributed by atoms with E-state index in [0.29, 0.717) is 13.2 Å². The fraction of sp³-hybridized carbons (Fsp3) is 0.857. The van der Waals surface area contributed by atoms with Crippen LogP contribution in [0.2, 0.25) is 0 Å². The SMILES string of the molecule is CCCOP(N=C=O)OCCC. The summed E-state index contributed by atoms with van der Waals surface area (Å²) in [6.07, 6.45) is 3.22. The summed E-state index contributed by atoms with van der Waals surface area (Å²) in [7, 11) is -1.37. The molecule has 0 fully saturated rings. The zero-order valence-corrected chi connectivity index (χ0v) is 8.34. The molecule has 0 aliphatic heterocycles. The van der Waals surface area contributed by atoms with Crippen LogP contribution in [0.1, 0.15) is 26.7 Å². The Labute approximate surface area is 73.9 Å². The molecule has 0 saturated heterocycles. The van der Waals surface area contributed by atoms with Gasteiger partial charge in [0.15, 0.2) is 0 Å². The smallest absolute Gasteiger partial charge is 0.316 e. The summed E-state index contributed by atoms with van der Waals surface area (Å²) in [4.78, 5) is 9.91. The van der Waals surface area contributed by atoms with Gasteiger partial charge in [0.1, 0.15) is 0 Å². The minimum Gasteiger partial charge on any atom is -0.316 e. The number of hydrogen-bond acceptors (Lipinski definition) is 4. The maximum absolute atomic E-state index is 9.91. The van der Waals surface area contributed by atoms with Crippen LogP contribution in [-0.2, 0) is 13.8 Å². The largest absolute Gasteiger partial charge is 0.321 e. The van der Waals surface area contributed by atoms with Crippen molar-refractivity contribution in [1.29, 1.82) is 0 Å². The van der Waals surface area contributed by atoms with Crippen molar-refractivity contribution in [1.82, 2.24) is 0 Å². The first kappa shape index (κ1) is 11.7. The molecule has 0 N–H and O–H groups in total. The van der Waals surface area contributed by atoms with Crippen LogP contribution < -0.4 is 0 Å². The molecule has 12 heavy (non-hydrogen) atoms. The van der Waals surface area contributed by atoms with E-state index in [-0.39, 0.29) is 0 Å². The van der Waals surface area contributed by atoms with E-state index in [1.807, 2.05) is 13.8 Å². The third-order valence-corrected chi connectivity index (χ3v) is 1.99. The third kappa shape index (κ3) is 6.44. The molecule has 0 aliphatic carbocycles. The van der Waals surface area contributed by atoms with Crippen molar-refractivity contribution in [2.45, 2.75) is 26.7 Å². The highest BCUT2D eigenvalue weighted by Crippen LogP contribution is 2.39. The second-order valence-electron chi connectivity index (χ2n) is 2.10. The van der Waals surface area contributed by atoms with Crippen molar-refractivity contribution in [2.24, 2.45) is 4.76 Å². The molecule has 0 atom stereocenters. The molecule has 0 saturated carbocycles. The van der Waals surface area contributed by atoms with E-state index in [9.17, 15) is 4.79 Å². The van der Waals surface area contributed by atoms with Gasteiger partial charge in [0.2, 0.25) is 6.08 Å². The summed E-state index contributed by atoms with van der Waals surface area (Å²) < 4.78 is 13.7. The normalized spacial score (nSPS) is 9.92. The van der Waals surface area contributed by atoms with E-state index in [4.69, 9.17) is 9.05 Å². The fourth-order valence-electron chi connectivity index (χ4n) is 0.467. The Morgan fingerprint density at radius 3 is 2.08 bits per heavy atom. The lowest BCUT2D eigenvalue weighted by molar-refractivity contribution is 0.250. The summed E-state index contributed by atoms with van der Waals surface area (Å²) in [5.41, 5.74) is 0. The molecular formula is C7H14NO3P. The van der Waals surface area contributed by atoms with Gasteiger partial charge in [-0.1, -0.05) is 13.8 Å². The van der Waals surface area contributed by atoms with Gasteiger partial charge in [-0.3, -0.25) is 0 Å². The molecule has 4 nitrogen and oxygen atoms in total. The molecule has 0 amide bonds. The highest BCUT2D eigenvalue weighted by molar-refractivity contribution is 7.45. The monoisotopic (exact) mass is 191 g/mol. The number of carbonyl (C=O) groups excluding carboxylic acids is 1. The van der Waals surface area contributed by atoms with Crippen molar-refractivity contribution in [3.05, 3.63) is 0 Å². The summed E-state index contributed by atoms with van der Waals surface area (Å²) in [5, 5.41) is 0. The van der Waals surface area contributed by atoms with E-state index < -0.39 is 8.53 Å². The van der Waals surface area contributed by atoms with Crippen molar-refractivity contribution in [3.63, 3.8) is 0 Å². The van der Waals surface area contributed by atoms with E-state index in [0.717, 1.165) is 12.8 Å².